The number of nitrogen functional groups attached to an aromatic ring is 1. The van der Waals surface area contributed by atoms with Crippen LogP contribution in [0, 0.1) is 5.92 Å². The van der Waals surface area contributed by atoms with E-state index >= 15 is 0 Å². The number of nitrogens with zero attached hydrogens (tertiary/aromatic N) is 3. The normalized spacial score (nSPS) is 25.4. The average Bonchev–Trinajstić information content (AvgIpc) is 3.35. The van der Waals surface area contributed by atoms with Crippen LogP contribution in [0.3, 0.4) is 0 Å². The minimum atomic E-state index is -0.239. The molecule has 2 fully saturated rings. The molecule has 2 atom stereocenters. The van der Waals surface area contributed by atoms with Gasteiger partial charge in [-0.05, 0) is 38.1 Å². The molecule has 5 rings (SSSR count). The third kappa shape index (κ3) is 3.02. The lowest BCUT2D eigenvalue weighted by atomic mass is 9.92. The van der Waals surface area contributed by atoms with Crippen LogP contribution in [0.2, 0.25) is 0 Å². The topological polar surface area (TPSA) is 121 Å². The van der Waals surface area contributed by atoms with Gasteiger partial charge in [0.2, 0.25) is 17.6 Å². The number of nitrogens with two attached hydrogens (primary N) is 1. The van der Waals surface area contributed by atoms with Gasteiger partial charge in [0, 0.05) is 35.5 Å². The molecular weight excluding hydrogens is 358 g/mol. The van der Waals surface area contributed by atoms with Crippen LogP contribution in [0.1, 0.15) is 24.7 Å². The SMILES string of the molecule is Nc1cccc(-c2noc(C3CNN4C(C5CCNCC5)=CC(=O)NC34)n2)c1. The molecule has 1 aromatic heterocycles. The Bertz CT molecular complexity index is 919. The van der Waals surface area contributed by atoms with E-state index in [2.05, 4.69) is 31.2 Å². The summed E-state index contributed by atoms with van der Waals surface area (Å²) in [6.07, 6.45) is 3.52. The number of hydrazine groups is 1. The minimum Gasteiger partial charge on any atom is -0.399 e. The summed E-state index contributed by atoms with van der Waals surface area (Å²) >= 11 is 0. The predicted octanol–water partition coefficient (Wildman–Crippen LogP) is 0.562. The van der Waals surface area contributed by atoms with Gasteiger partial charge in [0.25, 0.3) is 0 Å². The number of hydrogen-bond acceptors (Lipinski definition) is 8. The molecule has 0 bridgehead atoms. The van der Waals surface area contributed by atoms with Gasteiger partial charge in [-0.2, -0.15) is 4.98 Å². The number of piperidine rings is 1. The molecule has 0 spiro atoms. The van der Waals surface area contributed by atoms with Crippen molar-refractivity contribution in [2.75, 3.05) is 25.4 Å². The van der Waals surface area contributed by atoms with E-state index in [1.54, 1.807) is 6.08 Å². The van der Waals surface area contributed by atoms with Gasteiger partial charge < -0.3 is 20.9 Å². The molecule has 0 radical (unpaired) electrons. The Morgan fingerprint density at radius 1 is 1.25 bits per heavy atom. The second-order valence-electron chi connectivity index (χ2n) is 7.47. The van der Waals surface area contributed by atoms with Gasteiger partial charge in [-0.15, -0.1) is 0 Å². The van der Waals surface area contributed by atoms with Crippen molar-refractivity contribution in [1.29, 1.82) is 0 Å². The number of carbonyl (C=O) groups excluding carboxylic acids is 1. The highest BCUT2D eigenvalue weighted by Gasteiger charge is 2.44. The van der Waals surface area contributed by atoms with Crippen LogP contribution in [-0.4, -0.2) is 46.9 Å². The number of anilines is 1. The maximum absolute atomic E-state index is 12.4. The predicted molar refractivity (Wildman–Crippen MR) is 102 cm³/mol. The van der Waals surface area contributed by atoms with Gasteiger partial charge in [-0.3, -0.25) is 9.80 Å². The number of rotatable bonds is 3. The maximum atomic E-state index is 12.4. The van der Waals surface area contributed by atoms with Crippen molar-refractivity contribution in [2.45, 2.75) is 24.9 Å². The van der Waals surface area contributed by atoms with E-state index in [-0.39, 0.29) is 18.0 Å². The number of allylic oxidation sites excluding steroid dienone is 1. The zero-order valence-electron chi connectivity index (χ0n) is 15.4. The van der Waals surface area contributed by atoms with Crippen molar-refractivity contribution in [3.8, 4) is 11.4 Å². The van der Waals surface area contributed by atoms with Gasteiger partial charge in [0.05, 0.1) is 5.92 Å². The van der Waals surface area contributed by atoms with Crippen LogP contribution in [0.25, 0.3) is 11.4 Å². The number of benzene rings is 1. The van der Waals surface area contributed by atoms with Gasteiger partial charge in [-0.25, -0.2) is 5.43 Å². The van der Waals surface area contributed by atoms with Gasteiger partial charge in [0.15, 0.2) is 0 Å². The first-order chi connectivity index (χ1) is 13.7. The Morgan fingerprint density at radius 2 is 2.11 bits per heavy atom. The van der Waals surface area contributed by atoms with E-state index < -0.39 is 0 Å². The molecule has 3 aliphatic rings. The third-order valence-corrected chi connectivity index (χ3v) is 5.65. The zero-order valence-corrected chi connectivity index (χ0v) is 15.4. The van der Waals surface area contributed by atoms with Crippen LogP contribution in [0.5, 0.6) is 0 Å². The van der Waals surface area contributed by atoms with Crippen molar-refractivity contribution in [2.24, 2.45) is 5.92 Å². The summed E-state index contributed by atoms with van der Waals surface area (Å²) in [5.74, 6) is 1.17. The Morgan fingerprint density at radius 3 is 2.93 bits per heavy atom. The highest BCUT2D eigenvalue weighted by Crippen LogP contribution is 2.35. The molecule has 9 heteroatoms. The fourth-order valence-corrected chi connectivity index (χ4v) is 4.23. The first-order valence-electron chi connectivity index (χ1n) is 9.64. The summed E-state index contributed by atoms with van der Waals surface area (Å²) in [6.45, 7) is 2.56. The molecule has 5 N–H and O–H groups in total. The molecule has 2 saturated heterocycles. The first-order valence-corrected chi connectivity index (χ1v) is 9.64. The summed E-state index contributed by atoms with van der Waals surface area (Å²) in [5.41, 5.74) is 11.8. The number of fused-ring (bicyclic) bond motifs is 1. The summed E-state index contributed by atoms with van der Waals surface area (Å²) in [7, 11) is 0. The van der Waals surface area contributed by atoms with Crippen LogP contribution in [0.4, 0.5) is 5.69 Å². The van der Waals surface area contributed by atoms with Crippen LogP contribution in [0.15, 0.2) is 40.6 Å². The van der Waals surface area contributed by atoms with E-state index in [1.165, 1.54) is 0 Å². The molecule has 4 heterocycles. The van der Waals surface area contributed by atoms with E-state index in [0.717, 1.165) is 37.2 Å². The van der Waals surface area contributed by atoms with Crippen molar-refractivity contribution < 1.29 is 9.32 Å². The molecular formula is C19H23N7O2. The van der Waals surface area contributed by atoms with Gasteiger partial charge >= 0.3 is 0 Å². The monoisotopic (exact) mass is 381 g/mol. The van der Waals surface area contributed by atoms with Crippen LogP contribution < -0.4 is 21.8 Å². The molecule has 1 amide bonds. The Hall–Kier alpha value is -2.91. The first kappa shape index (κ1) is 17.2. The summed E-state index contributed by atoms with van der Waals surface area (Å²) in [6, 6.07) is 7.38. The second-order valence-corrected chi connectivity index (χ2v) is 7.47. The van der Waals surface area contributed by atoms with Crippen LogP contribution in [-0.2, 0) is 4.79 Å². The molecule has 3 aliphatic heterocycles. The van der Waals surface area contributed by atoms with Gasteiger partial charge in [-0.1, -0.05) is 17.3 Å². The third-order valence-electron chi connectivity index (χ3n) is 5.65. The molecule has 1 aromatic carbocycles. The van der Waals surface area contributed by atoms with Crippen molar-refractivity contribution in [1.82, 2.24) is 31.2 Å². The highest BCUT2D eigenvalue weighted by atomic mass is 16.5. The van der Waals surface area contributed by atoms with E-state index in [1.807, 2.05) is 24.3 Å². The maximum Gasteiger partial charge on any atom is 0.247 e. The molecule has 0 aliphatic carbocycles. The minimum absolute atomic E-state index is 0.0703. The van der Waals surface area contributed by atoms with Crippen molar-refractivity contribution >= 4 is 11.6 Å². The Labute approximate surface area is 162 Å². The lowest BCUT2D eigenvalue weighted by molar-refractivity contribution is -0.119. The van der Waals surface area contributed by atoms with Gasteiger partial charge in [0.1, 0.15) is 6.17 Å². The molecule has 2 unspecified atom stereocenters. The molecule has 9 nitrogen and oxygen atoms in total. The standard InChI is InChI=1S/C19H23N7O2/c20-13-3-1-2-12(8-13)17-24-19(28-25-17)14-10-22-26-15(9-16(27)23-18(14)26)11-4-6-21-7-5-11/h1-3,8-9,11,14,18,21-22H,4-7,10,20H2,(H,23,27). The quantitative estimate of drug-likeness (QED) is 0.569. The molecule has 146 valence electrons. The van der Waals surface area contributed by atoms with Crippen molar-refractivity contribution in [3.05, 3.63) is 41.9 Å². The Kier molecular flexibility index (Phi) is 4.25. The zero-order chi connectivity index (χ0) is 19.1. The number of nitrogens with one attached hydrogen (secondary N) is 3. The van der Waals surface area contributed by atoms with E-state index in [9.17, 15) is 4.79 Å². The largest absolute Gasteiger partial charge is 0.399 e. The summed E-state index contributed by atoms with van der Waals surface area (Å²) in [5, 5.41) is 12.6. The summed E-state index contributed by atoms with van der Waals surface area (Å²) in [4.78, 5) is 16.9. The average molecular weight is 381 g/mol. The fourth-order valence-electron chi connectivity index (χ4n) is 4.23. The smallest absolute Gasteiger partial charge is 0.247 e. The molecule has 28 heavy (non-hydrogen) atoms. The number of carbonyl (C=O) groups is 1. The van der Waals surface area contributed by atoms with E-state index in [0.29, 0.717) is 29.9 Å². The van der Waals surface area contributed by atoms with Crippen molar-refractivity contribution in [3.63, 3.8) is 0 Å². The number of amides is 1. The summed E-state index contributed by atoms with van der Waals surface area (Å²) < 4.78 is 5.56. The lowest BCUT2D eigenvalue weighted by Crippen LogP contribution is -2.53. The van der Waals surface area contributed by atoms with Crippen LogP contribution >= 0.6 is 0 Å². The molecule has 0 saturated carbocycles. The number of hydrogen-bond donors (Lipinski definition) is 4. The Balaban J connectivity index is 1.40. The van der Waals surface area contributed by atoms with E-state index in [4.69, 9.17) is 10.3 Å². The number of aromatic nitrogens is 2. The highest BCUT2D eigenvalue weighted by molar-refractivity contribution is 5.89. The second kappa shape index (κ2) is 6.92. The lowest BCUT2D eigenvalue weighted by Gasteiger charge is -2.38. The fraction of sp³-hybridized carbons (Fsp3) is 0.421. The molecule has 2 aromatic rings.